The molecule has 1 aromatic heterocycles. The summed E-state index contributed by atoms with van der Waals surface area (Å²) in [5.74, 6) is -1.64. The predicted octanol–water partition coefficient (Wildman–Crippen LogP) is 7.73. The van der Waals surface area contributed by atoms with Crippen LogP contribution in [0, 0.1) is 5.92 Å². The first-order valence-electron chi connectivity index (χ1n) is 16.9. The predicted molar refractivity (Wildman–Crippen MR) is 192 cm³/mol. The van der Waals surface area contributed by atoms with Crippen molar-refractivity contribution in [2.45, 2.75) is 109 Å². The van der Waals surface area contributed by atoms with E-state index in [-0.39, 0.29) is 29.6 Å². The standard InChI is InChI=1S/C35H53N3O5S3/c1-4-5-6-7-8-9-10-11-12-13-14-18-23-35(45(40,41)27-28(2)3,33(39)37-24-25-46(36,42)43)34-38-31-22-21-30(26-32(31)44-34)29-19-16-15-17-20-29/h15-17,19-22,26,28H,4-14,18,23-25,27H2,1-3H3,(H,37,39)(H2,36,42,43). The lowest BCUT2D eigenvalue weighted by Crippen LogP contribution is -2.52. The van der Waals surface area contributed by atoms with E-state index < -0.39 is 36.3 Å². The molecule has 0 spiro atoms. The number of primary sulfonamides is 1. The summed E-state index contributed by atoms with van der Waals surface area (Å²) < 4.78 is 50.8. The zero-order valence-electron chi connectivity index (χ0n) is 27.8. The summed E-state index contributed by atoms with van der Waals surface area (Å²) in [6.45, 7) is 5.58. The molecule has 0 saturated heterocycles. The van der Waals surface area contributed by atoms with Gasteiger partial charge in [-0.05, 0) is 35.6 Å². The molecular formula is C35H53N3O5S3. The quantitative estimate of drug-likeness (QED) is 0.104. The van der Waals surface area contributed by atoms with E-state index in [2.05, 4.69) is 12.2 Å². The number of sulfonamides is 1. The fourth-order valence-electron chi connectivity index (χ4n) is 5.90. The number of carbonyl (C=O) groups excluding carboxylic acids is 1. The maximum Gasteiger partial charge on any atom is 0.248 e. The van der Waals surface area contributed by atoms with Crippen LogP contribution in [0.2, 0.25) is 0 Å². The van der Waals surface area contributed by atoms with Crippen molar-refractivity contribution in [2.24, 2.45) is 11.1 Å². The number of sulfone groups is 1. The molecule has 11 heteroatoms. The molecule has 3 N–H and O–H groups in total. The molecule has 3 rings (SSSR count). The van der Waals surface area contributed by atoms with Gasteiger partial charge in [-0.25, -0.2) is 27.0 Å². The average Bonchev–Trinajstić information content (AvgIpc) is 3.42. The Labute approximate surface area is 280 Å². The number of nitrogens with one attached hydrogen (secondary N) is 1. The molecular weight excluding hydrogens is 639 g/mol. The van der Waals surface area contributed by atoms with Crippen molar-refractivity contribution in [1.82, 2.24) is 10.3 Å². The number of unbranched alkanes of at least 4 members (excludes halogenated alkanes) is 11. The Kier molecular flexibility index (Phi) is 15.1. The van der Waals surface area contributed by atoms with Crippen LogP contribution in [0.25, 0.3) is 21.3 Å². The van der Waals surface area contributed by atoms with E-state index in [0.29, 0.717) is 11.9 Å². The number of hydrogen-bond donors (Lipinski definition) is 2. The number of fused-ring (bicyclic) bond motifs is 1. The van der Waals surface area contributed by atoms with Gasteiger partial charge in [0, 0.05) is 6.54 Å². The second-order valence-electron chi connectivity index (χ2n) is 12.8. The van der Waals surface area contributed by atoms with Crippen molar-refractivity contribution < 1.29 is 21.6 Å². The number of thiazole rings is 1. The summed E-state index contributed by atoms with van der Waals surface area (Å²) in [5.41, 5.74) is 2.61. The van der Waals surface area contributed by atoms with E-state index in [1.54, 1.807) is 0 Å². The molecule has 0 aliphatic carbocycles. The van der Waals surface area contributed by atoms with Gasteiger partial charge >= 0.3 is 0 Å². The number of rotatable bonds is 22. The smallest absolute Gasteiger partial charge is 0.248 e. The molecule has 0 radical (unpaired) electrons. The molecule has 256 valence electrons. The molecule has 0 bridgehead atoms. The Morgan fingerprint density at radius 2 is 1.43 bits per heavy atom. The molecule has 0 aliphatic heterocycles. The van der Waals surface area contributed by atoms with Crippen molar-refractivity contribution in [3.63, 3.8) is 0 Å². The molecule has 1 atom stereocenters. The number of nitrogens with two attached hydrogens (primary N) is 1. The van der Waals surface area contributed by atoms with E-state index in [9.17, 15) is 21.6 Å². The normalized spacial score (nSPS) is 13.7. The van der Waals surface area contributed by atoms with E-state index in [4.69, 9.17) is 10.1 Å². The number of carbonyl (C=O) groups is 1. The molecule has 1 amide bonds. The summed E-state index contributed by atoms with van der Waals surface area (Å²) in [6.07, 6.45) is 13.5. The molecule has 1 unspecified atom stereocenters. The van der Waals surface area contributed by atoms with Gasteiger partial charge in [-0.3, -0.25) is 4.79 Å². The lowest BCUT2D eigenvalue weighted by atomic mass is 9.98. The minimum atomic E-state index is -4.07. The lowest BCUT2D eigenvalue weighted by Gasteiger charge is -2.31. The zero-order valence-corrected chi connectivity index (χ0v) is 30.2. The topological polar surface area (TPSA) is 136 Å². The van der Waals surface area contributed by atoms with Crippen LogP contribution in [-0.4, -0.2) is 45.8 Å². The Morgan fingerprint density at radius 1 is 0.848 bits per heavy atom. The Hall–Kier alpha value is -2.34. The van der Waals surface area contributed by atoms with Gasteiger partial charge in [-0.1, -0.05) is 134 Å². The van der Waals surface area contributed by atoms with E-state index in [1.165, 1.54) is 56.3 Å². The summed E-state index contributed by atoms with van der Waals surface area (Å²) in [4.78, 5) is 18.9. The fourth-order valence-corrected chi connectivity index (χ4v) is 10.2. The number of amides is 1. The first-order chi connectivity index (χ1) is 21.9. The van der Waals surface area contributed by atoms with Crippen LogP contribution in [-0.2, 0) is 29.4 Å². The van der Waals surface area contributed by atoms with E-state index >= 15 is 0 Å². The van der Waals surface area contributed by atoms with Crippen LogP contribution < -0.4 is 10.5 Å². The highest BCUT2D eigenvalue weighted by molar-refractivity contribution is 7.93. The van der Waals surface area contributed by atoms with Crippen molar-refractivity contribution in [3.8, 4) is 11.1 Å². The van der Waals surface area contributed by atoms with Gasteiger partial charge in [-0.15, -0.1) is 11.3 Å². The SMILES string of the molecule is CCCCCCCCCCCCCCC(C(=O)NCCS(N)(=O)=O)(c1nc2ccc(-c3ccccc3)cc2s1)S(=O)(=O)CC(C)C. The average molecular weight is 692 g/mol. The van der Waals surface area contributed by atoms with Gasteiger partial charge in [0.15, 0.2) is 9.84 Å². The largest absolute Gasteiger partial charge is 0.353 e. The van der Waals surface area contributed by atoms with Crippen LogP contribution >= 0.6 is 11.3 Å². The molecule has 1 heterocycles. The summed E-state index contributed by atoms with van der Waals surface area (Å²) in [7, 11) is -7.92. The number of benzene rings is 2. The third-order valence-electron chi connectivity index (χ3n) is 8.35. The van der Waals surface area contributed by atoms with Crippen LogP contribution in [0.4, 0.5) is 0 Å². The van der Waals surface area contributed by atoms with Gasteiger partial charge in [0.05, 0.1) is 21.7 Å². The van der Waals surface area contributed by atoms with Crippen molar-refractivity contribution >= 4 is 47.3 Å². The zero-order chi connectivity index (χ0) is 33.6. The monoisotopic (exact) mass is 691 g/mol. The van der Waals surface area contributed by atoms with Gasteiger partial charge in [0.25, 0.3) is 0 Å². The van der Waals surface area contributed by atoms with Crippen molar-refractivity contribution in [3.05, 3.63) is 53.5 Å². The van der Waals surface area contributed by atoms with E-state index in [1.807, 2.05) is 62.4 Å². The number of aromatic nitrogens is 1. The molecule has 2 aromatic carbocycles. The van der Waals surface area contributed by atoms with Gasteiger partial charge in [0.1, 0.15) is 5.01 Å². The maximum atomic E-state index is 14.3. The highest BCUT2D eigenvalue weighted by Gasteiger charge is 2.53. The van der Waals surface area contributed by atoms with Crippen LogP contribution in [0.5, 0.6) is 0 Å². The third-order valence-corrected chi connectivity index (χ3v) is 13.2. The molecule has 0 aliphatic rings. The van der Waals surface area contributed by atoms with Crippen LogP contribution in [0.3, 0.4) is 0 Å². The minimum absolute atomic E-state index is 0.0755. The van der Waals surface area contributed by atoms with Gasteiger partial charge < -0.3 is 5.32 Å². The Bertz CT molecular complexity index is 1590. The lowest BCUT2D eigenvalue weighted by molar-refractivity contribution is -0.124. The molecule has 46 heavy (non-hydrogen) atoms. The maximum absolute atomic E-state index is 14.3. The third kappa shape index (κ3) is 11.1. The van der Waals surface area contributed by atoms with Crippen molar-refractivity contribution in [1.29, 1.82) is 0 Å². The molecule has 3 aromatic rings. The summed E-state index contributed by atoms with van der Waals surface area (Å²) >= 11 is 1.22. The van der Waals surface area contributed by atoms with Gasteiger partial charge in [0.2, 0.25) is 20.7 Å². The second-order valence-corrected chi connectivity index (χ2v) is 17.9. The van der Waals surface area contributed by atoms with Gasteiger partial charge in [-0.2, -0.15) is 0 Å². The molecule has 8 nitrogen and oxygen atoms in total. The van der Waals surface area contributed by atoms with Crippen LogP contribution in [0.1, 0.15) is 109 Å². The second kappa shape index (κ2) is 18.3. The Morgan fingerprint density at radius 3 is 2.00 bits per heavy atom. The van der Waals surface area contributed by atoms with E-state index in [0.717, 1.165) is 41.5 Å². The summed E-state index contributed by atoms with van der Waals surface area (Å²) in [6, 6.07) is 15.7. The highest BCUT2D eigenvalue weighted by Crippen LogP contribution is 2.42. The molecule has 0 saturated carbocycles. The van der Waals surface area contributed by atoms with Crippen LogP contribution in [0.15, 0.2) is 48.5 Å². The minimum Gasteiger partial charge on any atom is -0.353 e. The number of nitrogens with zero attached hydrogens (tertiary/aromatic N) is 1. The first-order valence-corrected chi connectivity index (χ1v) is 21.1. The Balaban J connectivity index is 1.87. The van der Waals surface area contributed by atoms with Crippen molar-refractivity contribution in [2.75, 3.05) is 18.1 Å². The fraction of sp³-hybridized carbons (Fsp3) is 0.600. The number of hydrogen-bond acceptors (Lipinski definition) is 7. The summed E-state index contributed by atoms with van der Waals surface area (Å²) in [5, 5.41) is 8.03. The first kappa shape index (κ1) is 38.1. The molecule has 0 fully saturated rings. The highest BCUT2D eigenvalue weighted by atomic mass is 32.2.